The Balaban J connectivity index is 0.00000385. The number of hydrogen-bond acceptors (Lipinski definition) is 8. The van der Waals surface area contributed by atoms with Crippen LogP contribution in [0.4, 0.5) is 11.4 Å². The Hall–Kier alpha value is -2.49. The molecule has 0 amide bonds. The number of ketones is 2. The lowest BCUT2D eigenvalue weighted by Crippen LogP contribution is -2.44. The maximum atomic E-state index is 13.4. The third-order valence-corrected chi connectivity index (χ3v) is 5.42. The fourth-order valence-corrected chi connectivity index (χ4v) is 3.66. The van der Waals surface area contributed by atoms with Crippen molar-refractivity contribution in [2.75, 3.05) is 56.6 Å². The number of aliphatic hydroxyl groups excluding tert-OH is 2. The summed E-state index contributed by atoms with van der Waals surface area (Å²) in [6.45, 7) is 6.64. The number of carbonyl (C=O) groups is 2. The molecule has 33 heavy (non-hydrogen) atoms. The number of halogens is 1. The molecule has 0 saturated carbocycles. The van der Waals surface area contributed by atoms with Crippen molar-refractivity contribution in [3.05, 3.63) is 58.7 Å². The van der Waals surface area contributed by atoms with Crippen molar-refractivity contribution in [1.29, 1.82) is 0 Å². The number of fused-ring (bicyclic) bond motifs is 2. The van der Waals surface area contributed by atoms with Gasteiger partial charge in [0.25, 0.3) is 0 Å². The summed E-state index contributed by atoms with van der Waals surface area (Å²) in [5.41, 5.74) is 2.41. The van der Waals surface area contributed by atoms with E-state index in [-0.39, 0.29) is 37.2 Å². The lowest BCUT2D eigenvalue weighted by molar-refractivity contribution is 0.0980. The molecule has 8 nitrogen and oxygen atoms in total. The van der Waals surface area contributed by atoms with Crippen molar-refractivity contribution in [3.8, 4) is 0 Å². The summed E-state index contributed by atoms with van der Waals surface area (Å²) in [5, 5.41) is 31.1. The molecule has 0 saturated heterocycles. The molecule has 9 heteroatoms. The van der Waals surface area contributed by atoms with Crippen LogP contribution in [0.25, 0.3) is 0 Å². The summed E-state index contributed by atoms with van der Waals surface area (Å²) in [6, 6.07) is 10.5. The van der Waals surface area contributed by atoms with Crippen LogP contribution in [0.3, 0.4) is 0 Å². The minimum Gasteiger partial charge on any atom is -0.395 e. The number of benzene rings is 2. The van der Waals surface area contributed by atoms with Gasteiger partial charge in [-0.25, -0.2) is 0 Å². The minimum atomic E-state index is -0.399. The summed E-state index contributed by atoms with van der Waals surface area (Å²) < 4.78 is 0. The highest BCUT2D eigenvalue weighted by Crippen LogP contribution is 2.36. The molecule has 180 valence electrons. The van der Waals surface area contributed by atoms with Gasteiger partial charge >= 0.3 is 0 Å². The van der Waals surface area contributed by atoms with Crippen LogP contribution in [0, 0.1) is 0 Å². The first kappa shape index (κ1) is 26.8. The second-order valence-corrected chi connectivity index (χ2v) is 8.41. The van der Waals surface area contributed by atoms with Gasteiger partial charge in [-0.15, -0.1) is 12.4 Å². The molecule has 0 spiro atoms. The van der Waals surface area contributed by atoms with Gasteiger partial charge in [-0.3, -0.25) is 9.59 Å². The Morgan fingerprint density at radius 3 is 1.76 bits per heavy atom. The highest BCUT2D eigenvalue weighted by Gasteiger charge is 2.33. The molecule has 0 bridgehead atoms. The fraction of sp³-hybridized carbons (Fsp3) is 0.417. The minimum absolute atomic E-state index is 0. The van der Waals surface area contributed by atoms with Gasteiger partial charge in [0.15, 0.2) is 11.6 Å². The van der Waals surface area contributed by atoms with Crippen LogP contribution in [-0.2, 0) is 0 Å². The van der Waals surface area contributed by atoms with Crippen LogP contribution in [0.5, 0.6) is 0 Å². The van der Waals surface area contributed by atoms with Crippen molar-refractivity contribution in [1.82, 2.24) is 10.6 Å². The Morgan fingerprint density at radius 2 is 1.27 bits per heavy atom. The van der Waals surface area contributed by atoms with Crippen molar-refractivity contribution in [2.45, 2.75) is 19.4 Å². The molecular weight excluding hydrogens is 444 g/mol. The van der Waals surface area contributed by atoms with Gasteiger partial charge in [-0.05, 0) is 26.0 Å². The molecule has 0 aromatic heterocycles. The largest absolute Gasteiger partial charge is 0.395 e. The molecule has 1 aliphatic rings. The van der Waals surface area contributed by atoms with Gasteiger partial charge in [0.05, 0.1) is 24.3 Å². The van der Waals surface area contributed by atoms with Crippen LogP contribution in [0.1, 0.15) is 45.7 Å². The van der Waals surface area contributed by atoms with Crippen LogP contribution in [-0.4, -0.2) is 73.3 Å². The van der Waals surface area contributed by atoms with E-state index in [4.69, 9.17) is 5.11 Å². The number of hydrogen-bond donors (Lipinski definition) is 6. The third-order valence-electron chi connectivity index (χ3n) is 5.42. The number of rotatable bonds is 12. The lowest BCUT2D eigenvalue weighted by Gasteiger charge is -2.25. The molecule has 2 aromatic carbocycles. The van der Waals surface area contributed by atoms with Gasteiger partial charge < -0.3 is 31.5 Å². The Labute approximate surface area is 200 Å². The zero-order valence-electron chi connectivity index (χ0n) is 19.0. The average molecular weight is 477 g/mol. The Morgan fingerprint density at radius 1 is 0.758 bits per heavy atom. The van der Waals surface area contributed by atoms with E-state index in [2.05, 4.69) is 21.3 Å². The van der Waals surface area contributed by atoms with E-state index in [1.54, 1.807) is 24.3 Å². The lowest BCUT2D eigenvalue weighted by atomic mass is 9.82. The molecule has 2 aromatic rings. The maximum Gasteiger partial charge on any atom is 0.196 e. The van der Waals surface area contributed by atoms with Crippen molar-refractivity contribution in [2.24, 2.45) is 0 Å². The third kappa shape index (κ3) is 6.31. The highest BCUT2D eigenvalue weighted by molar-refractivity contribution is 6.31. The van der Waals surface area contributed by atoms with E-state index in [9.17, 15) is 14.7 Å². The van der Waals surface area contributed by atoms with Gasteiger partial charge in [-0.1, -0.05) is 24.3 Å². The standard InChI is InChI=1S/C24H32N4O4.ClH/c1-24(2,15-30)28-12-11-27-19-8-7-18(26-10-9-25-13-14-29)20-21(19)23(32)17-6-4-3-5-16(17)22(20)31;/h3-8,25-30H,9-15H2,1-2H3;1H. The van der Waals surface area contributed by atoms with Crippen molar-refractivity contribution < 1.29 is 19.8 Å². The van der Waals surface area contributed by atoms with E-state index in [0.29, 0.717) is 66.4 Å². The van der Waals surface area contributed by atoms with Gasteiger partial charge in [-0.2, -0.15) is 0 Å². The van der Waals surface area contributed by atoms with E-state index < -0.39 is 5.54 Å². The second kappa shape index (κ2) is 12.1. The highest BCUT2D eigenvalue weighted by atomic mass is 35.5. The quantitative estimate of drug-likeness (QED) is 0.218. The maximum absolute atomic E-state index is 13.4. The predicted octanol–water partition coefficient (Wildman–Crippen LogP) is 1.65. The number of nitrogens with one attached hydrogen (secondary N) is 4. The van der Waals surface area contributed by atoms with Crippen LogP contribution < -0.4 is 21.3 Å². The molecule has 0 radical (unpaired) electrons. The number of aliphatic hydroxyl groups is 2. The SMILES string of the molecule is CC(C)(CO)NCCNc1ccc(NCCNCCO)c2c1C(=O)c1ccccc1C2=O.Cl. The zero-order chi connectivity index (χ0) is 23.1. The molecule has 3 rings (SSSR count). The van der Waals surface area contributed by atoms with E-state index >= 15 is 0 Å². The number of carbonyl (C=O) groups excluding carboxylic acids is 2. The number of anilines is 2. The second-order valence-electron chi connectivity index (χ2n) is 8.41. The topological polar surface area (TPSA) is 123 Å². The molecular formula is C24H33ClN4O4. The zero-order valence-corrected chi connectivity index (χ0v) is 19.8. The summed E-state index contributed by atoms with van der Waals surface area (Å²) in [5.74, 6) is -0.354. The van der Waals surface area contributed by atoms with Gasteiger partial charge in [0.2, 0.25) is 0 Å². The Bertz CT molecular complexity index is 981. The van der Waals surface area contributed by atoms with Gasteiger partial charge in [0, 0.05) is 60.8 Å². The summed E-state index contributed by atoms with van der Waals surface area (Å²) in [6.07, 6.45) is 0. The van der Waals surface area contributed by atoms with Crippen LogP contribution >= 0.6 is 12.4 Å². The van der Waals surface area contributed by atoms with E-state index in [0.717, 1.165) is 0 Å². The fourth-order valence-electron chi connectivity index (χ4n) is 3.66. The molecule has 0 fully saturated rings. The molecule has 0 atom stereocenters. The van der Waals surface area contributed by atoms with Crippen LogP contribution in [0.2, 0.25) is 0 Å². The molecule has 0 heterocycles. The average Bonchev–Trinajstić information content (AvgIpc) is 2.80. The predicted molar refractivity (Wildman–Crippen MR) is 133 cm³/mol. The summed E-state index contributed by atoms with van der Waals surface area (Å²) in [7, 11) is 0. The first-order chi connectivity index (χ1) is 15.4. The Kier molecular flexibility index (Phi) is 9.82. The van der Waals surface area contributed by atoms with E-state index in [1.807, 2.05) is 26.0 Å². The molecule has 0 unspecified atom stereocenters. The molecule has 1 aliphatic carbocycles. The smallest absolute Gasteiger partial charge is 0.196 e. The first-order valence-electron chi connectivity index (χ1n) is 10.9. The van der Waals surface area contributed by atoms with Crippen molar-refractivity contribution in [3.63, 3.8) is 0 Å². The van der Waals surface area contributed by atoms with Crippen molar-refractivity contribution >= 4 is 35.3 Å². The molecule has 0 aliphatic heterocycles. The normalized spacial score (nSPS) is 12.6. The summed E-state index contributed by atoms with van der Waals surface area (Å²) >= 11 is 0. The summed E-state index contributed by atoms with van der Waals surface area (Å²) in [4.78, 5) is 26.7. The van der Waals surface area contributed by atoms with E-state index in [1.165, 1.54) is 0 Å². The van der Waals surface area contributed by atoms with Crippen LogP contribution in [0.15, 0.2) is 36.4 Å². The molecule has 6 N–H and O–H groups in total. The monoisotopic (exact) mass is 476 g/mol. The van der Waals surface area contributed by atoms with Gasteiger partial charge in [0.1, 0.15) is 0 Å². The first-order valence-corrected chi connectivity index (χ1v) is 10.9.